The minimum absolute atomic E-state index is 0.251. The molecule has 4 heteroatoms. The van der Waals surface area contributed by atoms with Gasteiger partial charge in [-0.25, -0.2) is 0 Å². The smallest absolute Gasteiger partial charge is 0.0928 e. The van der Waals surface area contributed by atoms with Crippen molar-refractivity contribution in [3.05, 3.63) is 46.5 Å². The van der Waals surface area contributed by atoms with Crippen LogP contribution in [0.15, 0.2) is 29.6 Å². The number of benzene rings is 1. The molecule has 84 valence electrons. The van der Waals surface area contributed by atoms with Crippen molar-refractivity contribution in [1.29, 1.82) is 0 Å². The lowest BCUT2D eigenvalue weighted by atomic mass is 10.0. The molecule has 1 heterocycles. The summed E-state index contributed by atoms with van der Waals surface area (Å²) in [5.41, 5.74) is 3.64. The molecule has 0 aliphatic rings. The van der Waals surface area contributed by atoms with Crippen molar-refractivity contribution in [3.8, 4) is 0 Å². The predicted octanol–water partition coefficient (Wildman–Crippen LogP) is 2.35. The third-order valence-corrected chi connectivity index (χ3v) is 3.13. The summed E-state index contributed by atoms with van der Waals surface area (Å²) < 4.78 is 3.90. The highest BCUT2D eigenvalue weighted by molar-refractivity contribution is 7.03. The van der Waals surface area contributed by atoms with Gasteiger partial charge in [0.15, 0.2) is 0 Å². The van der Waals surface area contributed by atoms with Gasteiger partial charge in [0.1, 0.15) is 0 Å². The zero-order chi connectivity index (χ0) is 11.4. The van der Waals surface area contributed by atoms with Gasteiger partial charge in [-0.3, -0.25) is 0 Å². The van der Waals surface area contributed by atoms with Gasteiger partial charge < -0.3 is 5.32 Å². The van der Waals surface area contributed by atoms with E-state index in [0.29, 0.717) is 0 Å². The molecule has 1 aromatic heterocycles. The lowest BCUT2D eigenvalue weighted by Crippen LogP contribution is -2.19. The molecule has 2 rings (SSSR count). The molecule has 0 amide bonds. The molecule has 0 spiro atoms. The van der Waals surface area contributed by atoms with Crippen LogP contribution in [0.2, 0.25) is 0 Å². The quantitative estimate of drug-likeness (QED) is 0.881. The Balaban J connectivity index is 2.13. The first-order chi connectivity index (χ1) is 7.79. The van der Waals surface area contributed by atoms with E-state index in [1.165, 1.54) is 22.7 Å². The second-order valence-electron chi connectivity index (χ2n) is 3.86. The van der Waals surface area contributed by atoms with Gasteiger partial charge in [0, 0.05) is 5.38 Å². The van der Waals surface area contributed by atoms with Crippen LogP contribution in [0.1, 0.15) is 22.9 Å². The molecular formula is C12H15N3S. The largest absolute Gasteiger partial charge is 0.311 e. The molecule has 16 heavy (non-hydrogen) atoms. The molecule has 1 N–H and O–H groups in total. The van der Waals surface area contributed by atoms with Crippen LogP contribution < -0.4 is 5.32 Å². The predicted molar refractivity (Wildman–Crippen MR) is 66.6 cm³/mol. The molecule has 0 saturated carbocycles. The maximum atomic E-state index is 4.11. The van der Waals surface area contributed by atoms with Gasteiger partial charge in [-0.1, -0.05) is 34.3 Å². The van der Waals surface area contributed by atoms with Gasteiger partial charge in [-0.2, -0.15) is 0 Å². The van der Waals surface area contributed by atoms with Gasteiger partial charge in [-0.15, -0.1) is 5.10 Å². The molecule has 0 aliphatic carbocycles. The summed E-state index contributed by atoms with van der Waals surface area (Å²) in [7, 11) is 1.96. The van der Waals surface area contributed by atoms with Crippen LogP contribution in [0.4, 0.5) is 0 Å². The fourth-order valence-corrected chi connectivity index (χ4v) is 2.26. The van der Waals surface area contributed by atoms with Crippen LogP contribution in [0.5, 0.6) is 0 Å². The van der Waals surface area contributed by atoms with Crippen LogP contribution in [0, 0.1) is 6.92 Å². The Morgan fingerprint density at radius 1 is 1.44 bits per heavy atom. The number of aromatic nitrogens is 2. The summed E-state index contributed by atoms with van der Waals surface area (Å²) >= 11 is 1.40. The number of aryl methyl sites for hydroxylation is 1. The summed E-state index contributed by atoms with van der Waals surface area (Å²) in [6.45, 7) is 2.11. The Bertz CT molecular complexity index is 439. The topological polar surface area (TPSA) is 37.8 Å². The fourth-order valence-electron chi connectivity index (χ4n) is 1.75. The van der Waals surface area contributed by atoms with Crippen molar-refractivity contribution in [2.75, 3.05) is 7.05 Å². The fraction of sp³-hybridized carbons (Fsp3) is 0.333. The number of nitrogens with zero attached hydrogens (tertiary/aromatic N) is 2. The van der Waals surface area contributed by atoms with E-state index in [4.69, 9.17) is 0 Å². The zero-order valence-electron chi connectivity index (χ0n) is 9.47. The Kier molecular flexibility index (Phi) is 3.64. The van der Waals surface area contributed by atoms with Crippen LogP contribution in [0.25, 0.3) is 0 Å². The first-order valence-corrected chi connectivity index (χ1v) is 6.13. The molecule has 0 bridgehead atoms. The molecule has 2 aromatic rings. The third-order valence-electron chi connectivity index (χ3n) is 2.60. The Labute approximate surface area is 99.7 Å². The van der Waals surface area contributed by atoms with Crippen molar-refractivity contribution in [2.24, 2.45) is 0 Å². The minimum atomic E-state index is 0.251. The number of likely N-dealkylation sites (N-methyl/N-ethyl adjacent to an activating group) is 1. The van der Waals surface area contributed by atoms with Crippen LogP contribution in [0.3, 0.4) is 0 Å². The zero-order valence-corrected chi connectivity index (χ0v) is 10.3. The molecule has 0 aliphatic heterocycles. The maximum absolute atomic E-state index is 4.11. The second-order valence-corrected chi connectivity index (χ2v) is 4.47. The van der Waals surface area contributed by atoms with E-state index in [1.807, 2.05) is 12.4 Å². The Morgan fingerprint density at radius 2 is 2.31 bits per heavy atom. The summed E-state index contributed by atoms with van der Waals surface area (Å²) in [5, 5.41) is 9.39. The first-order valence-electron chi connectivity index (χ1n) is 5.29. The first kappa shape index (κ1) is 11.2. The minimum Gasteiger partial charge on any atom is -0.311 e. The molecule has 3 nitrogen and oxygen atoms in total. The standard InChI is InChI=1S/C12H15N3S/c1-9-4-3-5-10(6-9)7-11(13-2)12-8-16-15-14-12/h3-6,8,11,13H,7H2,1-2H3. The second kappa shape index (κ2) is 5.18. The molecule has 0 radical (unpaired) electrons. The number of rotatable bonds is 4. The van der Waals surface area contributed by atoms with Crippen molar-refractivity contribution in [3.63, 3.8) is 0 Å². The highest BCUT2D eigenvalue weighted by Gasteiger charge is 2.12. The number of nitrogens with one attached hydrogen (secondary N) is 1. The lowest BCUT2D eigenvalue weighted by Gasteiger charge is -2.13. The lowest BCUT2D eigenvalue weighted by molar-refractivity contribution is 0.574. The normalized spacial score (nSPS) is 12.6. The molecule has 1 aromatic carbocycles. The summed E-state index contributed by atoms with van der Waals surface area (Å²) in [4.78, 5) is 0. The third kappa shape index (κ3) is 2.65. The summed E-state index contributed by atoms with van der Waals surface area (Å²) in [6.07, 6.45) is 0.948. The van der Waals surface area contributed by atoms with Crippen LogP contribution in [-0.4, -0.2) is 16.6 Å². The van der Waals surface area contributed by atoms with Crippen LogP contribution >= 0.6 is 11.5 Å². The van der Waals surface area contributed by atoms with E-state index < -0.39 is 0 Å². The van der Waals surface area contributed by atoms with Crippen molar-refractivity contribution < 1.29 is 0 Å². The van der Waals surface area contributed by atoms with Gasteiger partial charge in [0.2, 0.25) is 0 Å². The van der Waals surface area contributed by atoms with E-state index in [0.717, 1.165) is 12.1 Å². The highest BCUT2D eigenvalue weighted by Crippen LogP contribution is 2.17. The van der Waals surface area contributed by atoms with Crippen LogP contribution in [-0.2, 0) is 6.42 Å². The number of hydrogen-bond donors (Lipinski definition) is 1. The van der Waals surface area contributed by atoms with Crippen molar-refractivity contribution in [2.45, 2.75) is 19.4 Å². The molecule has 1 atom stereocenters. The summed E-state index contributed by atoms with van der Waals surface area (Å²) in [5.74, 6) is 0. The molecular weight excluding hydrogens is 218 g/mol. The Morgan fingerprint density at radius 3 is 2.94 bits per heavy atom. The average Bonchev–Trinajstić information content (AvgIpc) is 2.79. The van der Waals surface area contributed by atoms with E-state index in [2.05, 4.69) is 46.1 Å². The molecule has 0 saturated heterocycles. The maximum Gasteiger partial charge on any atom is 0.0928 e. The molecule has 1 unspecified atom stereocenters. The van der Waals surface area contributed by atoms with E-state index >= 15 is 0 Å². The van der Waals surface area contributed by atoms with Gasteiger partial charge in [0.25, 0.3) is 0 Å². The summed E-state index contributed by atoms with van der Waals surface area (Å²) in [6, 6.07) is 8.82. The highest BCUT2D eigenvalue weighted by atomic mass is 32.1. The van der Waals surface area contributed by atoms with E-state index in [1.54, 1.807) is 0 Å². The average molecular weight is 233 g/mol. The van der Waals surface area contributed by atoms with Gasteiger partial charge >= 0.3 is 0 Å². The molecule has 0 fully saturated rings. The van der Waals surface area contributed by atoms with Crippen molar-refractivity contribution in [1.82, 2.24) is 14.9 Å². The van der Waals surface area contributed by atoms with Crippen molar-refractivity contribution >= 4 is 11.5 Å². The Hall–Kier alpha value is -1.26. The number of hydrogen-bond acceptors (Lipinski definition) is 4. The monoisotopic (exact) mass is 233 g/mol. The van der Waals surface area contributed by atoms with E-state index in [-0.39, 0.29) is 6.04 Å². The van der Waals surface area contributed by atoms with Gasteiger partial charge in [-0.05, 0) is 37.5 Å². The van der Waals surface area contributed by atoms with E-state index in [9.17, 15) is 0 Å². The van der Waals surface area contributed by atoms with Gasteiger partial charge in [0.05, 0.1) is 11.7 Å². The SMILES string of the molecule is CNC(Cc1cccc(C)c1)c1csnn1.